The molecule has 0 fully saturated rings. The van der Waals surface area contributed by atoms with Gasteiger partial charge < -0.3 is 20.7 Å². The fourth-order valence-corrected chi connectivity index (χ4v) is 3.85. The molecule has 0 aliphatic carbocycles. The summed E-state index contributed by atoms with van der Waals surface area (Å²) in [6, 6.07) is 11.3. The first-order valence-corrected chi connectivity index (χ1v) is 11.6. The zero-order valence-electron chi connectivity index (χ0n) is 18.8. The van der Waals surface area contributed by atoms with E-state index in [0.29, 0.717) is 47.4 Å². The molecule has 0 aliphatic heterocycles. The molecular weight excluding hydrogens is 459 g/mol. The molecule has 0 unspecified atom stereocenters. The Morgan fingerprint density at radius 1 is 1.12 bits per heavy atom. The number of hydrogen-bond acceptors (Lipinski definition) is 6. The van der Waals surface area contributed by atoms with Gasteiger partial charge in [-0.2, -0.15) is 0 Å². The van der Waals surface area contributed by atoms with Crippen molar-refractivity contribution in [2.45, 2.75) is 26.7 Å². The average Bonchev–Trinajstić information content (AvgIpc) is 3.25. The van der Waals surface area contributed by atoms with Gasteiger partial charge in [0.1, 0.15) is 11.6 Å². The van der Waals surface area contributed by atoms with E-state index in [2.05, 4.69) is 20.9 Å². The molecule has 3 amide bonds. The molecule has 8 nitrogen and oxygen atoms in total. The van der Waals surface area contributed by atoms with Crippen LogP contribution in [0.3, 0.4) is 0 Å². The maximum absolute atomic E-state index is 14.4. The van der Waals surface area contributed by atoms with Gasteiger partial charge in [-0.05, 0) is 43.7 Å². The molecule has 0 spiro atoms. The molecule has 2 aromatic carbocycles. The number of nitrogens with one attached hydrogen (secondary N) is 3. The number of carbonyl (C=O) groups excluding carboxylic acids is 3. The van der Waals surface area contributed by atoms with E-state index in [0.717, 1.165) is 0 Å². The van der Waals surface area contributed by atoms with E-state index in [1.54, 1.807) is 35.7 Å². The molecule has 3 N–H and O–H groups in total. The van der Waals surface area contributed by atoms with Gasteiger partial charge in [0, 0.05) is 36.5 Å². The fraction of sp³-hybridized carbons (Fsp3) is 0.250. The number of benzene rings is 2. The highest BCUT2D eigenvalue weighted by atomic mass is 32.1. The van der Waals surface area contributed by atoms with Crippen molar-refractivity contribution in [3.05, 3.63) is 59.2 Å². The number of halogens is 1. The molecular formula is C24H25FN4O4S. The Morgan fingerprint density at radius 3 is 2.65 bits per heavy atom. The summed E-state index contributed by atoms with van der Waals surface area (Å²) < 4.78 is 19.9. The van der Waals surface area contributed by atoms with Crippen LogP contribution in [0.5, 0.6) is 5.75 Å². The highest BCUT2D eigenvalue weighted by Crippen LogP contribution is 2.28. The van der Waals surface area contributed by atoms with Gasteiger partial charge in [-0.25, -0.2) is 9.37 Å². The monoisotopic (exact) mass is 484 g/mol. The van der Waals surface area contributed by atoms with Gasteiger partial charge in [0.15, 0.2) is 5.13 Å². The third-order valence-electron chi connectivity index (χ3n) is 4.61. The highest BCUT2D eigenvalue weighted by Gasteiger charge is 2.14. The lowest BCUT2D eigenvalue weighted by molar-refractivity contribution is -0.116. The molecule has 0 atom stereocenters. The topological polar surface area (TPSA) is 109 Å². The summed E-state index contributed by atoms with van der Waals surface area (Å²) in [7, 11) is 0. The van der Waals surface area contributed by atoms with Gasteiger partial charge in [0.25, 0.3) is 5.91 Å². The smallest absolute Gasteiger partial charge is 0.255 e. The van der Waals surface area contributed by atoms with E-state index in [1.807, 2.05) is 6.92 Å². The Bertz CT molecular complexity index is 1180. The molecule has 1 heterocycles. The largest absolute Gasteiger partial charge is 0.493 e. The summed E-state index contributed by atoms with van der Waals surface area (Å²) in [6.45, 7) is 3.97. The summed E-state index contributed by atoms with van der Waals surface area (Å²) in [5.74, 6) is -0.829. The minimum atomic E-state index is -0.531. The average molecular weight is 485 g/mol. The summed E-state index contributed by atoms with van der Waals surface area (Å²) >= 11 is 1.18. The van der Waals surface area contributed by atoms with Gasteiger partial charge in [0.05, 0.1) is 17.9 Å². The second-order valence-electron chi connectivity index (χ2n) is 7.25. The summed E-state index contributed by atoms with van der Waals surface area (Å²) in [5, 5.41) is 9.98. The Labute approximate surface area is 200 Å². The van der Waals surface area contributed by atoms with Gasteiger partial charge in [-0.15, -0.1) is 11.3 Å². The number of rotatable bonds is 10. The van der Waals surface area contributed by atoms with E-state index in [-0.39, 0.29) is 29.7 Å². The van der Waals surface area contributed by atoms with Crippen LogP contribution < -0.4 is 20.7 Å². The molecule has 0 saturated carbocycles. The Balaban J connectivity index is 1.47. The van der Waals surface area contributed by atoms with E-state index in [1.165, 1.54) is 30.4 Å². The first kappa shape index (κ1) is 24.8. The number of aromatic nitrogens is 1. The first-order chi connectivity index (χ1) is 16.4. The number of amides is 3. The number of carbonyl (C=O) groups is 3. The van der Waals surface area contributed by atoms with Crippen molar-refractivity contribution in [3.8, 4) is 17.0 Å². The molecule has 0 aliphatic rings. The second-order valence-corrected chi connectivity index (χ2v) is 8.11. The number of para-hydroxylation sites is 1. The zero-order chi connectivity index (χ0) is 24.5. The lowest BCUT2D eigenvalue weighted by atomic mass is 10.1. The number of thiazole rings is 1. The lowest BCUT2D eigenvalue weighted by Crippen LogP contribution is -2.26. The van der Waals surface area contributed by atoms with E-state index in [4.69, 9.17) is 4.74 Å². The van der Waals surface area contributed by atoms with Crippen LogP contribution >= 0.6 is 11.3 Å². The fourth-order valence-electron chi connectivity index (χ4n) is 3.12. The van der Waals surface area contributed by atoms with E-state index < -0.39 is 5.82 Å². The van der Waals surface area contributed by atoms with E-state index in [9.17, 15) is 18.8 Å². The molecule has 178 valence electrons. The van der Waals surface area contributed by atoms with Crippen molar-refractivity contribution in [2.24, 2.45) is 0 Å². The molecule has 1 aromatic heterocycles. The van der Waals surface area contributed by atoms with Gasteiger partial charge in [-0.3, -0.25) is 14.4 Å². The van der Waals surface area contributed by atoms with Crippen LogP contribution in [0.2, 0.25) is 0 Å². The van der Waals surface area contributed by atoms with Crippen molar-refractivity contribution >= 4 is 39.9 Å². The third-order valence-corrected chi connectivity index (χ3v) is 5.37. The number of anilines is 2. The summed E-state index contributed by atoms with van der Waals surface area (Å²) in [4.78, 5) is 40.0. The minimum Gasteiger partial charge on any atom is -0.493 e. The van der Waals surface area contributed by atoms with Gasteiger partial charge >= 0.3 is 0 Å². The molecule has 0 bridgehead atoms. The number of hydrogen-bond donors (Lipinski definition) is 3. The standard InChI is InChI=1S/C24H25FN4O4S/c1-3-33-21-8-5-4-7-18(21)23(32)26-12-6-9-22(31)29-24-28-20(14-34-24)17-11-10-16(13-19(17)25)27-15(2)30/h4-5,7-8,10-11,13-14H,3,6,9,12H2,1-2H3,(H,26,32)(H,27,30)(H,28,29,31). The number of nitrogens with zero attached hydrogens (tertiary/aromatic N) is 1. The van der Waals surface area contributed by atoms with Crippen molar-refractivity contribution in [2.75, 3.05) is 23.8 Å². The van der Waals surface area contributed by atoms with Gasteiger partial charge in [0.2, 0.25) is 11.8 Å². The Hall–Kier alpha value is -3.79. The maximum Gasteiger partial charge on any atom is 0.255 e. The lowest BCUT2D eigenvalue weighted by Gasteiger charge is -2.10. The number of ether oxygens (including phenoxy) is 1. The summed E-state index contributed by atoms with van der Waals surface area (Å²) in [5.41, 5.74) is 1.45. The summed E-state index contributed by atoms with van der Waals surface area (Å²) in [6.07, 6.45) is 0.619. The molecule has 34 heavy (non-hydrogen) atoms. The van der Waals surface area contributed by atoms with Crippen LogP contribution in [0.15, 0.2) is 47.8 Å². The van der Waals surface area contributed by atoms with Crippen LogP contribution in [0.4, 0.5) is 15.2 Å². The quantitative estimate of drug-likeness (QED) is 0.368. The van der Waals surface area contributed by atoms with Crippen molar-refractivity contribution in [3.63, 3.8) is 0 Å². The molecule has 3 aromatic rings. The van der Waals surface area contributed by atoms with Crippen molar-refractivity contribution in [1.29, 1.82) is 0 Å². The van der Waals surface area contributed by atoms with Crippen molar-refractivity contribution in [1.82, 2.24) is 10.3 Å². The predicted octanol–water partition coefficient (Wildman–Crippen LogP) is 4.46. The van der Waals surface area contributed by atoms with Crippen LogP contribution in [0.1, 0.15) is 37.0 Å². The molecule has 0 saturated heterocycles. The third kappa shape index (κ3) is 6.85. The van der Waals surface area contributed by atoms with E-state index >= 15 is 0 Å². The highest BCUT2D eigenvalue weighted by molar-refractivity contribution is 7.14. The van der Waals surface area contributed by atoms with Crippen LogP contribution in [0.25, 0.3) is 11.3 Å². The maximum atomic E-state index is 14.4. The SMILES string of the molecule is CCOc1ccccc1C(=O)NCCCC(=O)Nc1nc(-c2ccc(NC(C)=O)cc2F)cs1. The first-order valence-electron chi connectivity index (χ1n) is 10.7. The normalized spacial score (nSPS) is 10.4. The van der Waals surface area contributed by atoms with Crippen LogP contribution in [-0.2, 0) is 9.59 Å². The molecule has 10 heteroatoms. The minimum absolute atomic E-state index is 0.183. The van der Waals surface area contributed by atoms with Crippen molar-refractivity contribution < 1.29 is 23.5 Å². The Kier molecular flexibility index (Phi) is 8.69. The predicted molar refractivity (Wildman–Crippen MR) is 130 cm³/mol. The Morgan fingerprint density at radius 2 is 1.91 bits per heavy atom. The second kappa shape index (κ2) is 11.9. The zero-order valence-corrected chi connectivity index (χ0v) is 19.6. The van der Waals surface area contributed by atoms with Gasteiger partial charge in [-0.1, -0.05) is 12.1 Å². The van der Waals surface area contributed by atoms with Crippen LogP contribution in [0, 0.1) is 5.82 Å². The van der Waals surface area contributed by atoms with Crippen LogP contribution in [-0.4, -0.2) is 35.9 Å². The molecule has 3 rings (SSSR count). The molecule has 0 radical (unpaired) electrons.